The standard InChI is InChI=1S/C10H16N2O4S/c1-7(6-15-2)16-8-3-4-10(9(11)5-8)17(12,13)14/h3-5,7H,6,11H2,1-2H3,(H2,12,13,14). The summed E-state index contributed by atoms with van der Waals surface area (Å²) in [7, 11) is -2.23. The van der Waals surface area contributed by atoms with Crippen LogP contribution in [0.4, 0.5) is 5.69 Å². The van der Waals surface area contributed by atoms with Crippen molar-refractivity contribution >= 4 is 15.7 Å². The van der Waals surface area contributed by atoms with Crippen molar-refractivity contribution < 1.29 is 17.9 Å². The molecule has 0 heterocycles. The third-order valence-electron chi connectivity index (χ3n) is 2.03. The molecule has 0 saturated heterocycles. The minimum atomic E-state index is -3.79. The van der Waals surface area contributed by atoms with Gasteiger partial charge in [-0.2, -0.15) is 0 Å². The molecule has 7 heteroatoms. The van der Waals surface area contributed by atoms with Crippen LogP contribution in [0, 0.1) is 0 Å². The van der Waals surface area contributed by atoms with Gasteiger partial charge < -0.3 is 15.2 Å². The quantitative estimate of drug-likeness (QED) is 0.742. The summed E-state index contributed by atoms with van der Waals surface area (Å²) < 4.78 is 32.6. The van der Waals surface area contributed by atoms with E-state index in [1.807, 2.05) is 6.92 Å². The number of rotatable bonds is 5. The van der Waals surface area contributed by atoms with Crippen molar-refractivity contribution in [1.82, 2.24) is 0 Å². The molecular weight excluding hydrogens is 244 g/mol. The molecule has 0 aliphatic carbocycles. The first kappa shape index (κ1) is 13.8. The van der Waals surface area contributed by atoms with Crippen LogP contribution >= 0.6 is 0 Å². The highest BCUT2D eigenvalue weighted by Gasteiger charge is 2.13. The summed E-state index contributed by atoms with van der Waals surface area (Å²) >= 11 is 0. The maximum Gasteiger partial charge on any atom is 0.240 e. The molecule has 0 spiro atoms. The summed E-state index contributed by atoms with van der Waals surface area (Å²) in [5.41, 5.74) is 5.65. The third kappa shape index (κ3) is 3.88. The highest BCUT2D eigenvalue weighted by molar-refractivity contribution is 7.89. The predicted molar refractivity (Wildman–Crippen MR) is 64.2 cm³/mol. The van der Waals surface area contributed by atoms with Crippen LogP contribution in [-0.2, 0) is 14.8 Å². The zero-order valence-corrected chi connectivity index (χ0v) is 10.5. The number of hydrogen-bond acceptors (Lipinski definition) is 5. The Labute approximate surface area is 101 Å². The number of methoxy groups -OCH3 is 1. The number of hydrogen-bond donors (Lipinski definition) is 2. The topological polar surface area (TPSA) is 105 Å². The Hall–Kier alpha value is -1.31. The van der Waals surface area contributed by atoms with E-state index in [1.165, 1.54) is 18.2 Å². The van der Waals surface area contributed by atoms with Gasteiger partial charge >= 0.3 is 0 Å². The van der Waals surface area contributed by atoms with Gasteiger partial charge in [-0.15, -0.1) is 0 Å². The molecule has 4 N–H and O–H groups in total. The van der Waals surface area contributed by atoms with Gasteiger partial charge in [0.05, 0.1) is 12.3 Å². The molecule has 1 unspecified atom stereocenters. The molecule has 0 fully saturated rings. The van der Waals surface area contributed by atoms with E-state index < -0.39 is 10.0 Å². The van der Waals surface area contributed by atoms with E-state index in [9.17, 15) is 8.42 Å². The molecule has 0 aliphatic rings. The molecule has 0 saturated carbocycles. The van der Waals surface area contributed by atoms with Crippen LogP contribution in [0.3, 0.4) is 0 Å². The lowest BCUT2D eigenvalue weighted by atomic mass is 10.3. The van der Waals surface area contributed by atoms with Crippen molar-refractivity contribution in [2.75, 3.05) is 19.5 Å². The minimum Gasteiger partial charge on any atom is -0.488 e. The van der Waals surface area contributed by atoms with E-state index in [4.69, 9.17) is 20.3 Å². The Morgan fingerprint density at radius 2 is 2.06 bits per heavy atom. The number of ether oxygens (including phenoxy) is 2. The smallest absolute Gasteiger partial charge is 0.240 e. The summed E-state index contributed by atoms with van der Waals surface area (Å²) in [5, 5.41) is 4.99. The van der Waals surface area contributed by atoms with Crippen LogP contribution in [0.1, 0.15) is 6.92 Å². The summed E-state index contributed by atoms with van der Waals surface area (Å²) in [6, 6.07) is 4.24. The molecule has 17 heavy (non-hydrogen) atoms. The average molecular weight is 260 g/mol. The molecule has 6 nitrogen and oxygen atoms in total. The van der Waals surface area contributed by atoms with Crippen molar-refractivity contribution in [1.29, 1.82) is 0 Å². The van der Waals surface area contributed by atoms with Gasteiger partial charge in [-0.3, -0.25) is 0 Å². The van der Waals surface area contributed by atoms with Gasteiger partial charge in [0.1, 0.15) is 16.7 Å². The Morgan fingerprint density at radius 1 is 1.41 bits per heavy atom. The van der Waals surface area contributed by atoms with E-state index in [-0.39, 0.29) is 16.7 Å². The second kappa shape index (κ2) is 5.35. The molecule has 1 atom stereocenters. The maximum atomic E-state index is 11.1. The van der Waals surface area contributed by atoms with Crippen LogP contribution in [-0.4, -0.2) is 28.2 Å². The lowest BCUT2D eigenvalue weighted by Gasteiger charge is -2.14. The van der Waals surface area contributed by atoms with Crippen molar-refractivity contribution in [2.45, 2.75) is 17.9 Å². The molecule has 0 bridgehead atoms. The van der Waals surface area contributed by atoms with Crippen LogP contribution in [0.15, 0.2) is 23.1 Å². The zero-order chi connectivity index (χ0) is 13.1. The summed E-state index contributed by atoms with van der Waals surface area (Å²) in [4.78, 5) is -0.107. The fourth-order valence-corrected chi connectivity index (χ4v) is 2.01. The van der Waals surface area contributed by atoms with Gasteiger partial charge in [0.15, 0.2) is 0 Å². The van der Waals surface area contributed by atoms with Gasteiger partial charge in [-0.1, -0.05) is 0 Å². The van der Waals surface area contributed by atoms with Crippen molar-refractivity contribution in [3.8, 4) is 5.75 Å². The van der Waals surface area contributed by atoms with Crippen molar-refractivity contribution in [2.24, 2.45) is 5.14 Å². The van der Waals surface area contributed by atoms with Crippen LogP contribution in [0.2, 0.25) is 0 Å². The fraction of sp³-hybridized carbons (Fsp3) is 0.400. The van der Waals surface area contributed by atoms with Crippen molar-refractivity contribution in [3.05, 3.63) is 18.2 Å². The van der Waals surface area contributed by atoms with Gasteiger partial charge in [0.25, 0.3) is 0 Å². The van der Waals surface area contributed by atoms with Gasteiger partial charge in [0, 0.05) is 13.2 Å². The number of anilines is 1. The lowest BCUT2D eigenvalue weighted by Crippen LogP contribution is -2.18. The first-order valence-corrected chi connectivity index (χ1v) is 6.47. The molecular formula is C10H16N2O4S. The zero-order valence-electron chi connectivity index (χ0n) is 9.71. The van der Waals surface area contributed by atoms with E-state index in [0.717, 1.165) is 0 Å². The Kier molecular flexibility index (Phi) is 4.33. The molecule has 0 aromatic heterocycles. The van der Waals surface area contributed by atoms with E-state index >= 15 is 0 Å². The maximum absolute atomic E-state index is 11.1. The number of sulfonamides is 1. The van der Waals surface area contributed by atoms with Crippen molar-refractivity contribution in [3.63, 3.8) is 0 Å². The summed E-state index contributed by atoms with van der Waals surface area (Å²) in [6.07, 6.45) is -0.153. The van der Waals surface area contributed by atoms with Crippen LogP contribution in [0.5, 0.6) is 5.75 Å². The normalized spacial score (nSPS) is 13.4. The van der Waals surface area contributed by atoms with E-state index in [1.54, 1.807) is 7.11 Å². The number of primary sulfonamides is 1. The second-order valence-electron chi connectivity index (χ2n) is 3.63. The molecule has 1 aromatic rings. The fourth-order valence-electron chi connectivity index (χ4n) is 1.36. The van der Waals surface area contributed by atoms with Gasteiger partial charge in [-0.05, 0) is 19.1 Å². The molecule has 0 amide bonds. The SMILES string of the molecule is COCC(C)Oc1ccc(S(N)(=O)=O)c(N)c1. The average Bonchev–Trinajstić information content (AvgIpc) is 2.15. The Bertz CT molecular complexity index is 487. The Morgan fingerprint density at radius 3 is 2.53 bits per heavy atom. The third-order valence-corrected chi connectivity index (χ3v) is 3.01. The minimum absolute atomic E-state index is 0.0645. The highest BCUT2D eigenvalue weighted by Crippen LogP contribution is 2.23. The molecule has 0 aliphatic heterocycles. The monoisotopic (exact) mass is 260 g/mol. The molecule has 1 aromatic carbocycles. The van der Waals surface area contributed by atoms with E-state index in [2.05, 4.69) is 0 Å². The largest absolute Gasteiger partial charge is 0.488 e. The molecule has 0 radical (unpaired) electrons. The molecule has 96 valence electrons. The lowest BCUT2D eigenvalue weighted by molar-refractivity contribution is 0.0921. The second-order valence-corrected chi connectivity index (χ2v) is 5.16. The van der Waals surface area contributed by atoms with Crippen LogP contribution in [0.25, 0.3) is 0 Å². The van der Waals surface area contributed by atoms with Crippen LogP contribution < -0.4 is 15.6 Å². The highest BCUT2D eigenvalue weighted by atomic mass is 32.2. The number of nitrogens with two attached hydrogens (primary N) is 2. The summed E-state index contributed by atoms with van der Waals surface area (Å²) in [6.45, 7) is 2.25. The first-order valence-electron chi connectivity index (χ1n) is 4.92. The van der Waals surface area contributed by atoms with Gasteiger partial charge in [-0.25, -0.2) is 13.6 Å². The van der Waals surface area contributed by atoms with Gasteiger partial charge in [0.2, 0.25) is 10.0 Å². The molecule has 1 rings (SSSR count). The summed E-state index contributed by atoms with van der Waals surface area (Å²) in [5.74, 6) is 0.472. The number of benzene rings is 1. The predicted octanol–water partition coefficient (Wildman–Crippen LogP) is 0.330. The van der Waals surface area contributed by atoms with E-state index in [0.29, 0.717) is 12.4 Å². The Balaban J connectivity index is 2.90. The number of nitrogen functional groups attached to an aromatic ring is 1. The first-order chi connectivity index (χ1) is 7.84.